The van der Waals surface area contributed by atoms with E-state index in [1.807, 2.05) is 25.1 Å². The first kappa shape index (κ1) is 13.4. The molecule has 0 radical (unpaired) electrons. The minimum absolute atomic E-state index is 0.0747. The number of ether oxygens (including phenoxy) is 2. The first-order valence-corrected chi connectivity index (χ1v) is 6.73. The summed E-state index contributed by atoms with van der Waals surface area (Å²) in [5, 5.41) is 6.88. The average Bonchev–Trinajstić information content (AvgIpc) is 2.94. The molecule has 0 fully saturated rings. The molecule has 7 heteroatoms. The highest BCUT2D eigenvalue weighted by molar-refractivity contribution is 5.91. The van der Waals surface area contributed by atoms with E-state index in [0.29, 0.717) is 30.5 Å². The van der Waals surface area contributed by atoms with Crippen molar-refractivity contribution in [1.29, 1.82) is 0 Å². The monoisotopic (exact) mass is 288 g/mol. The van der Waals surface area contributed by atoms with E-state index in [1.54, 1.807) is 11.8 Å². The van der Waals surface area contributed by atoms with Gasteiger partial charge in [0.2, 0.25) is 11.9 Å². The van der Waals surface area contributed by atoms with Gasteiger partial charge in [-0.3, -0.25) is 10.1 Å². The van der Waals surface area contributed by atoms with Gasteiger partial charge >= 0.3 is 0 Å². The third-order valence-electron chi connectivity index (χ3n) is 3.37. The Labute approximate surface area is 121 Å². The Morgan fingerprint density at radius 1 is 1.43 bits per heavy atom. The number of anilines is 1. The molecule has 21 heavy (non-hydrogen) atoms. The predicted molar refractivity (Wildman–Crippen MR) is 75.6 cm³/mol. The lowest BCUT2D eigenvalue weighted by Gasteiger charge is -2.24. The van der Waals surface area contributed by atoms with Gasteiger partial charge in [0, 0.05) is 0 Å². The first-order valence-electron chi connectivity index (χ1n) is 6.73. The van der Waals surface area contributed by atoms with Crippen LogP contribution in [0.25, 0.3) is 0 Å². The lowest BCUT2D eigenvalue weighted by Crippen LogP contribution is -2.29. The summed E-state index contributed by atoms with van der Waals surface area (Å²) < 4.78 is 12.6. The molecule has 2 aromatic rings. The maximum Gasteiger partial charge on any atom is 0.229 e. The van der Waals surface area contributed by atoms with Gasteiger partial charge in [-0.25, -0.2) is 4.68 Å². The van der Waals surface area contributed by atoms with Crippen LogP contribution in [0.15, 0.2) is 24.5 Å². The van der Waals surface area contributed by atoms with Crippen molar-refractivity contribution >= 4 is 11.9 Å². The van der Waals surface area contributed by atoms with Crippen LogP contribution < -0.4 is 14.8 Å². The number of nitrogens with zero attached hydrogens (tertiary/aromatic N) is 3. The van der Waals surface area contributed by atoms with Gasteiger partial charge in [-0.2, -0.15) is 10.1 Å². The van der Waals surface area contributed by atoms with Gasteiger partial charge in [-0.05, 0) is 24.6 Å². The highest BCUT2D eigenvalue weighted by Crippen LogP contribution is 2.34. The molecular weight excluding hydrogens is 272 g/mol. The molecule has 0 spiro atoms. The quantitative estimate of drug-likeness (QED) is 0.925. The Balaban J connectivity index is 2.01. The average molecular weight is 288 g/mol. The number of hydrogen-bond acceptors (Lipinski definition) is 5. The van der Waals surface area contributed by atoms with E-state index in [-0.39, 0.29) is 11.9 Å². The summed E-state index contributed by atoms with van der Waals surface area (Å²) in [4.78, 5) is 15.8. The molecule has 1 aliphatic rings. The van der Waals surface area contributed by atoms with Crippen LogP contribution in [0.4, 0.5) is 5.95 Å². The largest absolute Gasteiger partial charge is 0.493 e. The second-order valence-corrected chi connectivity index (χ2v) is 4.64. The summed E-state index contributed by atoms with van der Waals surface area (Å²) in [6, 6.07) is 5.44. The van der Waals surface area contributed by atoms with Crippen LogP contribution in [0.5, 0.6) is 11.5 Å². The van der Waals surface area contributed by atoms with Crippen molar-refractivity contribution in [1.82, 2.24) is 14.8 Å². The SMILES string of the molecule is CCOc1cc([C@@H]2CC(=O)Nc3ncnn32)ccc1OC. The minimum atomic E-state index is -0.193. The molecule has 1 amide bonds. The van der Waals surface area contributed by atoms with Crippen molar-refractivity contribution in [3.05, 3.63) is 30.1 Å². The number of amides is 1. The van der Waals surface area contributed by atoms with Gasteiger partial charge in [-0.1, -0.05) is 6.07 Å². The number of nitrogens with one attached hydrogen (secondary N) is 1. The van der Waals surface area contributed by atoms with Crippen molar-refractivity contribution in [3.63, 3.8) is 0 Å². The highest BCUT2D eigenvalue weighted by atomic mass is 16.5. The maximum absolute atomic E-state index is 11.8. The molecule has 1 aliphatic heterocycles. The van der Waals surface area contributed by atoms with E-state index >= 15 is 0 Å². The molecule has 0 aliphatic carbocycles. The van der Waals surface area contributed by atoms with Gasteiger partial charge < -0.3 is 9.47 Å². The molecule has 110 valence electrons. The maximum atomic E-state index is 11.8. The van der Waals surface area contributed by atoms with Gasteiger partial charge in [-0.15, -0.1) is 0 Å². The summed E-state index contributed by atoms with van der Waals surface area (Å²) >= 11 is 0. The number of fused-ring (bicyclic) bond motifs is 1. The van der Waals surface area contributed by atoms with Crippen LogP contribution in [0.1, 0.15) is 24.9 Å². The number of methoxy groups -OCH3 is 1. The van der Waals surface area contributed by atoms with Gasteiger partial charge in [0.25, 0.3) is 0 Å². The molecule has 3 rings (SSSR count). The number of benzene rings is 1. The zero-order valence-corrected chi connectivity index (χ0v) is 11.9. The molecule has 2 heterocycles. The first-order chi connectivity index (χ1) is 10.2. The Hall–Kier alpha value is -2.57. The van der Waals surface area contributed by atoms with Crippen molar-refractivity contribution in [2.45, 2.75) is 19.4 Å². The molecule has 0 saturated carbocycles. The Kier molecular flexibility index (Phi) is 3.47. The number of hydrogen-bond donors (Lipinski definition) is 1. The summed E-state index contributed by atoms with van der Waals surface area (Å²) in [7, 11) is 1.60. The molecule has 0 saturated heterocycles. The molecule has 1 aromatic heterocycles. The fourth-order valence-electron chi connectivity index (χ4n) is 2.43. The second-order valence-electron chi connectivity index (χ2n) is 4.64. The normalized spacial score (nSPS) is 17.0. The number of aromatic nitrogens is 3. The fourth-order valence-corrected chi connectivity index (χ4v) is 2.43. The van der Waals surface area contributed by atoms with Gasteiger partial charge in [0.1, 0.15) is 6.33 Å². The Bertz CT molecular complexity index is 668. The molecule has 1 atom stereocenters. The summed E-state index contributed by atoms with van der Waals surface area (Å²) in [5.74, 6) is 1.71. The lowest BCUT2D eigenvalue weighted by molar-refractivity contribution is -0.117. The summed E-state index contributed by atoms with van der Waals surface area (Å²) in [6.45, 7) is 2.45. The smallest absolute Gasteiger partial charge is 0.229 e. The van der Waals surface area contributed by atoms with Crippen LogP contribution in [0.2, 0.25) is 0 Å². The fraction of sp³-hybridized carbons (Fsp3) is 0.357. The van der Waals surface area contributed by atoms with Crippen molar-refractivity contribution < 1.29 is 14.3 Å². The molecule has 0 bridgehead atoms. The summed E-state index contributed by atoms with van der Waals surface area (Å²) in [5.41, 5.74) is 0.931. The van der Waals surface area contributed by atoms with E-state index in [1.165, 1.54) is 6.33 Å². The van der Waals surface area contributed by atoms with Crippen molar-refractivity contribution in [2.75, 3.05) is 19.0 Å². The molecule has 1 aromatic carbocycles. The van der Waals surface area contributed by atoms with Crippen LogP contribution in [-0.4, -0.2) is 34.4 Å². The van der Waals surface area contributed by atoms with E-state index in [2.05, 4.69) is 15.4 Å². The second kappa shape index (κ2) is 5.43. The highest BCUT2D eigenvalue weighted by Gasteiger charge is 2.28. The zero-order valence-electron chi connectivity index (χ0n) is 11.9. The van der Waals surface area contributed by atoms with Crippen LogP contribution in [0, 0.1) is 0 Å². The third-order valence-corrected chi connectivity index (χ3v) is 3.37. The van der Waals surface area contributed by atoms with E-state index in [9.17, 15) is 4.79 Å². The molecule has 0 unspecified atom stereocenters. The standard InChI is InChI=1S/C14H16N4O3/c1-3-21-12-6-9(4-5-11(12)20-2)10-7-13(19)17-14-15-8-16-18(10)14/h4-6,8,10H,3,7H2,1-2H3,(H,15,16,17,19)/t10-/m0/s1. The number of carbonyl (C=O) groups is 1. The molecule has 7 nitrogen and oxygen atoms in total. The van der Waals surface area contributed by atoms with Crippen LogP contribution >= 0.6 is 0 Å². The van der Waals surface area contributed by atoms with Crippen molar-refractivity contribution in [3.8, 4) is 11.5 Å². The van der Waals surface area contributed by atoms with E-state index in [0.717, 1.165) is 5.56 Å². The lowest BCUT2D eigenvalue weighted by atomic mass is 10.0. The summed E-state index contributed by atoms with van der Waals surface area (Å²) in [6.07, 6.45) is 1.75. The van der Waals surface area contributed by atoms with E-state index < -0.39 is 0 Å². The van der Waals surface area contributed by atoms with Gasteiger partial charge in [0.05, 0.1) is 26.2 Å². The molecular formula is C14H16N4O3. The third kappa shape index (κ3) is 2.42. The molecule has 1 N–H and O–H groups in total. The topological polar surface area (TPSA) is 78.3 Å². The number of rotatable bonds is 4. The van der Waals surface area contributed by atoms with E-state index in [4.69, 9.17) is 9.47 Å². The van der Waals surface area contributed by atoms with Gasteiger partial charge in [0.15, 0.2) is 11.5 Å². The van der Waals surface area contributed by atoms with Crippen molar-refractivity contribution in [2.24, 2.45) is 0 Å². The predicted octanol–water partition coefficient (Wildman–Crippen LogP) is 1.62. The number of carbonyl (C=O) groups excluding carboxylic acids is 1. The minimum Gasteiger partial charge on any atom is -0.493 e. The van der Waals surface area contributed by atoms with Crippen LogP contribution in [-0.2, 0) is 4.79 Å². The zero-order chi connectivity index (χ0) is 14.8. The van der Waals surface area contributed by atoms with Crippen LogP contribution in [0.3, 0.4) is 0 Å². The Morgan fingerprint density at radius 2 is 2.29 bits per heavy atom. The Morgan fingerprint density at radius 3 is 3.05 bits per heavy atom.